The van der Waals surface area contributed by atoms with Crippen molar-refractivity contribution in [3.63, 3.8) is 0 Å². The average molecular weight is 360 g/mol. The molecule has 4 aromatic rings. The number of aryl methyl sites for hydroxylation is 2. The summed E-state index contributed by atoms with van der Waals surface area (Å²) in [6.45, 7) is 0. The number of nitrogens with one attached hydrogen (secondary N) is 1. The van der Waals surface area contributed by atoms with Gasteiger partial charge in [0.05, 0.1) is 22.8 Å². The first-order chi connectivity index (χ1) is 13.0. The van der Waals surface area contributed by atoms with E-state index in [-0.39, 0.29) is 17.0 Å². The summed E-state index contributed by atoms with van der Waals surface area (Å²) in [4.78, 5) is 41.6. The molecule has 4 rings (SSSR count). The van der Waals surface area contributed by atoms with Gasteiger partial charge in [-0.3, -0.25) is 14.4 Å². The van der Waals surface area contributed by atoms with E-state index in [1.165, 1.54) is 21.7 Å². The number of hydrogen-bond acceptors (Lipinski definition) is 4. The number of carbonyl (C=O) groups excluding carboxylic acids is 1. The number of benzene rings is 2. The van der Waals surface area contributed by atoms with Gasteiger partial charge in [-0.1, -0.05) is 18.2 Å². The second kappa shape index (κ2) is 6.21. The molecule has 0 aliphatic rings. The largest absolute Gasteiger partial charge is 0.322 e. The van der Waals surface area contributed by atoms with Crippen LogP contribution in [0, 0.1) is 0 Å². The Labute approximate surface area is 153 Å². The molecule has 2 aromatic carbocycles. The molecular weight excluding hydrogens is 344 g/mol. The SMILES string of the molecule is Cn1cnc2ccc(NC(=O)c3cn(C)c(=O)c4ccccc34)cc2c1=O. The van der Waals surface area contributed by atoms with Crippen LogP contribution >= 0.6 is 0 Å². The van der Waals surface area contributed by atoms with Crippen LogP contribution in [-0.2, 0) is 14.1 Å². The molecule has 0 radical (unpaired) electrons. The summed E-state index contributed by atoms with van der Waals surface area (Å²) >= 11 is 0. The zero-order valence-corrected chi connectivity index (χ0v) is 14.8. The highest BCUT2D eigenvalue weighted by Crippen LogP contribution is 2.19. The molecular formula is C20H16N4O3. The number of pyridine rings is 1. The minimum Gasteiger partial charge on any atom is -0.322 e. The van der Waals surface area contributed by atoms with E-state index in [9.17, 15) is 14.4 Å². The van der Waals surface area contributed by atoms with Gasteiger partial charge in [-0.2, -0.15) is 0 Å². The molecule has 0 saturated carbocycles. The van der Waals surface area contributed by atoms with Crippen molar-refractivity contribution in [2.45, 2.75) is 0 Å². The molecule has 0 fully saturated rings. The molecule has 0 aliphatic heterocycles. The minimum atomic E-state index is -0.359. The van der Waals surface area contributed by atoms with Gasteiger partial charge in [0.2, 0.25) is 0 Å². The highest BCUT2D eigenvalue weighted by molar-refractivity contribution is 6.12. The van der Waals surface area contributed by atoms with Crippen molar-refractivity contribution < 1.29 is 4.79 Å². The van der Waals surface area contributed by atoms with Gasteiger partial charge in [0.25, 0.3) is 17.0 Å². The Kier molecular flexibility index (Phi) is 3.84. The van der Waals surface area contributed by atoms with Gasteiger partial charge in [0, 0.05) is 36.8 Å². The molecule has 0 atom stereocenters. The smallest absolute Gasteiger partial charge is 0.260 e. The predicted octanol–water partition coefficient (Wildman–Crippen LogP) is 2.04. The molecule has 27 heavy (non-hydrogen) atoms. The van der Waals surface area contributed by atoms with Crippen molar-refractivity contribution in [3.05, 3.63) is 81.3 Å². The van der Waals surface area contributed by atoms with Crippen LogP contribution in [0.4, 0.5) is 5.69 Å². The highest BCUT2D eigenvalue weighted by atomic mass is 16.2. The molecule has 2 aromatic heterocycles. The summed E-state index contributed by atoms with van der Waals surface area (Å²) in [6, 6.07) is 12.0. The number of hydrogen-bond donors (Lipinski definition) is 1. The number of anilines is 1. The van der Waals surface area contributed by atoms with Gasteiger partial charge >= 0.3 is 0 Å². The maximum Gasteiger partial charge on any atom is 0.260 e. The topological polar surface area (TPSA) is 86.0 Å². The minimum absolute atomic E-state index is 0.164. The third-order valence-electron chi connectivity index (χ3n) is 4.51. The quantitative estimate of drug-likeness (QED) is 0.593. The fraction of sp³-hybridized carbons (Fsp3) is 0.100. The second-order valence-electron chi connectivity index (χ2n) is 6.35. The van der Waals surface area contributed by atoms with E-state index in [0.29, 0.717) is 32.9 Å². The van der Waals surface area contributed by atoms with Crippen LogP contribution in [-0.4, -0.2) is 20.0 Å². The zero-order chi connectivity index (χ0) is 19.1. The molecule has 7 nitrogen and oxygen atoms in total. The Bertz CT molecular complexity index is 1330. The normalized spacial score (nSPS) is 11.0. The summed E-state index contributed by atoms with van der Waals surface area (Å²) in [7, 11) is 3.23. The molecule has 2 heterocycles. The van der Waals surface area contributed by atoms with Crippen LogP contribution in [0.1, 0.15) is 10.4 Å². The third-order valence-corrected chi connectivity index (χ3v) is 4.51. The summed E-state index contributed by atoms with van der Waals surface area (Å²) < 4.78 is 2.77. The van der Waals surface area contributed by atoms with Gasteiger partial charge in [-0.25, -0.2) is 4.98 Å². The van der Waals surface area contributed by atoms with E-state index >= 15 is 0 Å². The number of rotatable bonds is 2. The van der Waals surface area contributed by atoms with Gasteiger partial charge in [0.1, 0.15) is 0 Å². The van der Waals surface area contributed by atoms with E-state index in [2.05, 4.69) is 10.3 Å². The molecule has 1 amide bonds. The lowest BCUT2D eigenvalue weighted by Gasteiger charge is -2.10. The van der Waals surface area contributed by atoms with E-state index < -0.39 is 0 Å². The summed E-state index contributed by atoms with van der Waals surface area (Å²) in [5.74, 6) is -0.359. The molecule has 1 N–H and O–H groups in total. The van der Waals surface area contributed by atoms with Crippen molar-refractivity contribution in [1.82, 2.24) is 14.1 Å². The van der Waals surface area contributed by atoms with Crippen molar-refractivity contribution in [1.29, 1.82) is 0 Å². The highest BCUT2D eigenvalue weighted by Gasteiger charge is 2.14. The first-order valence-corrected chi connectivity index (χ1v) is 8.31. The number of fused-ring (bicyclic) bond motifs is 2. The first-order valence-electron chi connectivity index (χ1n) is 8.31. The van der Waals surface area contributed by atoms with E-state index in [4.69, 9.17) is 0 Å². The molecule has 0 spiro atoms. The van der Waals surface area contributed by atoms with Gasteiger partial charge in [-0.15, -0.1) is 0 Å². The van der Waals surface area contributed by atoms with Crippen LogP contribution in [0.25, 0.3) is 21.7 Å². The molecule has 134 valence electrons. The number of amides is 1. The zero-order valence-electron chi connectivity index (χ0n) is 14.8. The lowest BCUT2D eigenvalue weighted by Crippen LogP contribution is -2.21. The van der Waals surface area contributed by atoms with Crippen molar-refractivity contribution in [2.24, 2.45) is 14.1 Å². The predicted molar refractivity (Wildman–Crippen MR) is 104 cm³/mol. The van der Waals surface area contributed by atoms with Crippen LogP contribution in [0.5, 0.6) is 0 Å². The van der Waals surface area contributed by atoms with Crippen molar-refractivity contribution in [3.8, 4) is 0 Å². The molecule has 0 aliphatic carbocycles. The summed E-state index contributed by atoms with van der Waals surface area (Å²) in [5.41, 5.74) is 1.07. The Morgan fingerprint density at radius 1 is 0.926 bits per heavy atom. The van der Waals surface area contributed by atoms with Gasteiger partial charge in [0.15, 0.2) is 0 Å². The molecule has 0 saturated heterocycles. The number of nitrogens with zero attached hydrogens (tertiary/aromatic N) is 3. The Balaban J connectivity index is 1.79. The molecule has 0 bridgehead atoms. The standard InChI is InChI=1S/C20H16N4O3/c1-23-10-16(13-5-3-4-6-14(13)19(23)26)18(25)22-12-7-8-17-15(9-12)20(27)24(2)11-21-17/h3-11H,1-2H3,(H,22,25). The second-order valence-corrected chi connectivity index (χ2v) is 6.35. The Morgan fingerprint density at radius 2 is 1.63 bits per heavy atom. The lowest BCUT2D eigenvalue weighted by atomic mass is 10.1. The number of carbonyl (C=O) groups is 1. The van der Waals surface area contributed by atoms with Crippen LogP contribution in [0.2, 0.25) is 0 Å². The Hall–Kier alpha value is -3.74. The van der Waals surface area contributed by atoms with Crippen LogP contribution in [0.3, 0.4) is 0 Å². The summed E-state index contributed by atoms with van der Waals surface area (Å²) in [6.07, 6.45) is 2.97. The van der Waals surface area contributed by atoms with Crippen LogP contribution in [0.15, 0.2) is 64.6 Å². The molecule has 7 heteroatoms. The van der Waals surface area contributed by atoms with Crippen LogP contribution < -0.4 is 16.4 Å². The summed E-state index contributed by atoms with van der Waals surface area (Å²) in [5, 5.41) is 4.28. The van der Waals surface area contributed by atoms with E-state index in [1.54, 1.807) is 56.6 Å². The van der Waals surface area contributed by atoms with Crippen molar-refractivity contribution in [2.75, 3.05) is 5.32 Å². The molecule has 0 unspecified atom stereocenters. The lowest BCUT2D eigenvalue weighted by molar-refractivity contribution is 0.102. The maximum absolute atomic E-state index is 12.9. The fourth-order valence-corrected chi connectivity index (χ4v) is 3.08. The van der Waals surface area contributed by atoms with Gasteiger partial charge in [-0.05, 0) is 24.3 Å². The van der Waals surface area contributed by atoms with Gasteiger partial charge < -0.3 is 14.5 Å². The van der Waals surface area contributed by atoms with E-state index in [1.807, 2.05) is 0 Å². The number of aromatic nitrogens is 3. The maximum atomic E-state index is 12.9. The van der Waals surface area contributed by atoms with Crippen molar-refractivity contribution >= 4 is 33.3 Å². The monoisotopic (exact) mass is 360 g/mol. The fourth-order valence-electron chi connectivity index (χ4n) is 3.08. The van der Waals surface area contributed by atoms with E-state index in [0.717, 1.165) is 0 Å². The Morgan fingerprint density at radius 3 is 2.41 bits per heavy atom. The average Bonchev–Trinajstić information content (AvgIpc) is 2.68. The third kappa shape index (κ3) is 2.79. The first kappa shape index (κ1) is 16.7.